The van der Waals surface area contributed by atoms with Crippen molar-refractivity contribution in [2.45, 2.75) is 13.3 Å². The molecule has 0 aliphatic carbocycles. The standard InChI is InChI=1S/C11H10Cl3N3/c1-2-5-3-6-9(14)7(12)4-8(13)10(6)16-11(5)17-15/h3-4H,2,15H2,1H3,(H,16,17). The average molecular weight is 291 g/mol. The smallest absolute Gasteiger partial charge is 0.143 e. The number of halogens is 3. The second-order valence-corrected chi connectivity index (χ2v) is 4.74. The second kappa shape index (κ2) is 4.86. The maximum atomic E-state index is 6.14. The van der Waals surface area contributed by atoms with Crippen LogP contribution in [0.1, 0.15) is 12.5 Å². The van der Waals surface area contributed by atoms with Gasteiger partial charge in [-0.3, -0.25) is 0 Å². The zero-order valence-corrected chi connectivity index (χ0v) is 11.3. The number of nitrogens with one attached hydrogen (secondary N) is 1. The highest BCUT2D eigenvalue weighted by atomic mass is 35.5. The van der Waals surface area contributed by atoms with Crippen molar-refractivity contribution in [2.24, 2.45) is 5.84 Å². The average Bonchev–Trinajstić information content (AvgIpc) is 2.34. The zero-order chi connectivity index (χ0) is 12.6. The topological polar surface area (TPSA) is 50.9 Å². The predicted molar refractivity (Wildman–Crippen MR) is 74.0 cm³/mol. The minimum Gasteiger partial charge on any atom is -0.308 e. The van der Waals surface area contributed by atoms with E-state index in [0.717, 1.165) is 17.4 Å². The van der Waals surface area contributed by atoms with E-state index in [2.05, 4.69) is 10.4 Å². The monoisotopic (exact) mass is 289 g/mol. The highest BCUT2D eigenvalue weighted by molar-refractivity contribution is 6.47. The number of benzene rings is 1. The summed E-state index contributed by atoms with van der Waals surface area (Å²) in [5, 5.41) is 2.06. The fourth-order valence-electron chi connectivity index (χ4n) is 1.67. The van der Waals surface area contributed by atoms with Crippen molar-refractivity contribution >= 4 is 51.5 Å². The van der Waals surface area contributed by atoms with E-state index in [4.69, 9.17) is 40.6 Å². The maximum Gasteiger partial charge on any atom is 0.143 e. The molecule has 0 fully saturated rings. The molecule has 0 atom stereocenters. The highest BCUT2D eigenvalue weighted by Crippen LogP contribution is 2.36. The van der Waals surface area contributed by atoms with Crippen LogP contribution in [0.4, 0.5) is 5.82 Å². The van der Waals surface area contributed by atoms with Crippen molar-refractivity contribution in [1.29, 1.82) is 0 Å². The summed E-state index contributed by atoms with van der Waals surface area (Å²) in [6, 6.07) is 3.48. The molecule has 1 aromatic carbocycles. The van der Waals surface area contributed by atoms with E-state index in [1.807, 2.05) is 13.0 Å². The van der Waals surface area contributed by atoms with Gasteiger partial charge >= 0.3 is 0 Å². The van der Waals surface area contributed by atoms with Crippen LogP contribution in [0.3, 0.4) is 0 Å². The summed E-state index contributed by atoms with van der Waals surface area (Å²) >= 11 is 18.2. The Morgan fingerprint density at radius 1 is 1.24 bits per heavy atom. The molecule has 0 amide bonds. The summed E-state index contributed by atoms with van der Waals surface area (Å²) in [6.45, 7) is 2.00. The molecule has 0 aliphatic heterocycles. The van der Waals surface area contributed by atoms with Crippen molar-refractivity contribution in [3.05, 3.63) is 32.8 Å². The van der Waals surface area contributed by atoms with Crippen molar-refractivity contribution in [1.82, 2.24) is 4.98 Å². The molecular weight excluding hydrogens is 281 g/mol. The van der Waals surface area contributed by atoms with Gasteiger partial charge in [-0.05, 0) is 24.1 Å². The van der Waals surface area contributed by atoms with Gasteiger partial charge in [0.15, 0.2) is 0 Å². The van der Waals surface area contributed by atoms with Crippen LogP contribution in [0.2, 0.25) is 15.1 Å². The summed E-state index contributed by atoms with van der Waals surface area (Å²) in [4.78, 5) is 4.35. The quantitative estimate of drug-likeness (QED) is 0.498. The number of nitrogen functional groups attached to an aromatic ring is 1. The molecule has 0 saturated heterocycles. The van der Waals surface area contributed by atoms with Crippen LogP contribution in [0.5, 0.6) is 0 Å². The number of pyridine rings is 1. The summed E-state index contributed by atoms with van der Waals surface area (Å²) in [7, 11) is 0. The van der Waals surface area contributed by atoms with Crippen molar-refractivity contribution in [3.8, 4) is 0 Å². The lowest BCUT2D eigenvalue weighted by Crippen LogP contribution is -2.11. The van der Waals surface area contributed by atoms with Crippen LogP contribution < -0.4 is 11.3 Å². The third kappa shape index (κ3) is 2.16. The number of hydrogen-bond acceptors (Lipinski definition) is 3. The van der Waals surface area contributed by atoms with Gasteiger partial charge < -0.3 is 5.43 Å². The molecule has 6 heteroatoms. The van der Waals surface area contributed by atoms with E-state index in [0.29, 0.717) is 26.4 Å². The largest absolute Gasteiger partial charge is 0.308 e. The van der Waals surface area contributed by atoms with Crippen LogP contribution in [-0.2, 0) is 6.42 Å². The third-order valence-corrected chi connectivity index (χ3v) is 3.64. The first-order valence-electron chi connectivity index (χ1n) is 5.02. The lowest BCUT2D eigenvalue weighted by Gasteiger charge is -2.11. The van der Waals surface area contributed by atoms with Gasteiger partial charge in [0.25, 0.3) is 0 Å². The summed E-state index contributed by atoms with van der Waals surface area (Å²) < 4.78 is 0. The van der Waals surface area contributed by atoms with Gasteiger partial charge in [-0.1, -0.05) is 41.7 Å². The van der Waals surface area contributed by atoms with Gasteiger partial charge in [0.2, 0.25) is 0 Å². The van der Waals surface area contributed by atoms with E-state index in [1.165, 1.54) is 0 Å². The first-order chi connectivity index (χ1) is 8.08. The minimum atomic E-state index is 0.418. The number of hydrogen-bond donors (Lipinski definition) is 2. The summed E-state index contributed by atoms with van der Waals surface area (Å²) in [5.74, 6) is 6.02. The van der Waals surface area contributed by atoms with Crippen LogP contribution in [-0.4, -0.2) is 4.98 Å². The van der Waals surface area contributed by atoms with Gasteiger partial charge in [0.05, 0.1) is 20.6 Å². The molecule has 0 bridgehead atoms. The number of hydrazine groups is 1. The van der Waals surface area contributed by atoms with E-state index in [1.54, 1.807) is 6.07 Å². The summed E-state index contributed by atoms with van der Waals surface area (Å²) in [6.07, 6.45) is 0.781. The van der Waals surface area contributed by atoms with Crippen LogP contribution in [0.25, 0.3) is 10.9 Å². The van der Waals surface area contributed by atoms with Crippen molar-refractivity contribution in [2.75, 3.05) is 5.43 Å². The van der Waals surface area contributed by atoms with Gasteiger partial charge in [0.1, 0.15) is 5.82 Å². The number of anilines is 1. The molecule has 0 spiro atoms. The normalized spacial score (nSPS) is 10.9. The Balaban J connectivity index is 2.87. The number of aryl methyl sites for hydroxylation is 1. The van der Waals surface area contributed by atoms with Crippen LogP contribution >= 0.6 is 34.8 Å². The Morgan fingerprint density at radius 3 is 2.53 bits per heavy atom. The minimum absolute atomic E-state index is 0.418. The lowest BCUT2D eigenvalue weighted by molar-refractivity contribution is 1.10. The molecule has 0 saturated carbocycles. The fourth-order valence-corrected chi connectivity index (χ4v) is 2.39. The van der Waals surface area contributed by atoms with Crippen LogP contribution in [0, 0.1) is 0 Å². The molecular formula is C11H10Cl3N3. The molecule has 3 N–H and O–H groups in total. The van der Waals surface area contributed by atoms with Gasteiger partial charge in [-0.15, -0.1) is 0 Å². The zero-order valence-electron chi connectivity index (χ0n) is 9.02. The number of fused-ring (bicyclic) bond motifs is 1. The Hall–Kier alpha value is -0.740. The molecule has 90 valence electrons. The van der Waals surface area contributed by atoms with Gasteiger partial charge in [-0.25, -0.2) is 10.8 Å². The Morgan fingerprint density at radius 2 is 1.94 bits per heavy atom. The van der Waals surface area contributed by atoms with Gasteiger partial charge in [-0.2, -0.15) is 0 Å². The summed E-state index contributed by atoms with van der Waals surface area (Å²) in [5.41, 5.74) is 4.10. The van der Waals surface area contributed by atoms with Crippen LogP contribution in [0.15, 0.2) is 12.1 Å². The number of aromatic nitrogens is 1. The Bertz CT molecular complexity index is 584. The second-order valence-electron chi connectivity index (χ2n) is 3.54. The predicted octanol–water partition coefficient (Wildman–Crippen LogP) is 4.04. The molecule has 3 nitrogen and oxygen atoms in total. The van der Waals surface area contributed by atoms with E-state index < -0.39 is 0 Å². The van der Waals surface area contributed by atoms with E-state index in [-0.39, 0.29) is 0 Å². The van der Waals surface area contributed by atoms with Gasteiger partial charge in [0, 0.05) is 5.39 Å². The molecule has 2 aromatic rings. The molecule has 1 heterocycles. The first kappa shape index (κ1) is 12.7. The fraction of sp³-hybridized carbons (Fsp3) is 0.182. The molecule has 0 radical (unpaired) electrons. The molecule has 2 rings (SSSR count). The highest BCUT2D eigenvalue weighted by Gasteiger charge is 2.12. The molecule has 0 unspecified atom stereocenters. The molecule has 0 aliphatic rings. The maximum absolute atomic E-state index is 6.14. The van der Waals surface area contributed by atoms with E-state index in [9.17, 15) is 0 Å². The lowest BCUT2D eigenvalue weighted by atomic mass is 10.1. The Labute approximate surface area is 114 Å². The third-order valence-electron chi connectivity index (χ3n) is 2.54. The SMILES string of the molecule is CCc1cc2c(Cl)c(Cl)cc(Cl)c2nc1NN. The number of rotatable bonds is 2. The number of nitrogens with zero attached hydrogens (tertiary/aromatic N) is 1. The van der Waals surface area contributed by atoms with Crippen molar-refractivity contribution < 1.29 is 0 Å². The molecule has 1 aromatic heterocycles. The molecule has 17 heavy (non-hydrogen) atoms. The van der Waals surface area contributed by atoms with E-state index >= 15 is 0 Å². The number of nitrogens with two attached hydrogens (primary N) is 1. The Kier molecular flexibility index (Phi) is 3.64. The van der Waals surface area contributed by atoms with Crippen molar-refractivity contribution in [3.63, 3.8) is 0 Å². The first-order valence-corrected chi connectivity index (χ1v) is 6.15.